The van der Waals surface area contributed by atoms with Gasteiger partial charge in [-0.3, -0.25) is 9.59 Å². The summed E-state index contributed by atoms with van der Waals surface area (Å²) in [6.45, 7) is 2.21. The van der Waals surface area contributed by atoms with Gasteiger partial charge >= 0.3 is 5.97 Å². The SMILES string of the molecule is O=C(O)C1=C(C(=O)Nc2ccccc2C(=O)N2CCN(c3ccc(F)cc3)CC2)CCCC1. The van der Waals surface area contributed by atoms with Gasteiger partial charge in [-0.1, -0.05) is 12.1 Å². The molecule has 2 aliphatic rings. The van der Waals surface area contributed by atoms with Crippen molar-refractivity contribution < 1.29 is 23.9 Å². The van der Waals surface area contributed by atoms with Gasteiger partial charge in [0.25, 0.3) is 11.8 Å². The molecule has 0 radical (unpaired) electrons. The fourth-order valence-electron chi connectivity index (χ4n) is 4.36. The number of rotatable bonds is 5. The Hall–Kier alpha value is -3.68. The average molecular weight is 451 g/mol. The van der Waals surface area contributed by atoms with Crippen molar-refractivity contribution in [2.75, 3.05) is 36.4 Å². The predicted octanol–water partition coefficient (Wildman–Crippen LogP) is 3.68. The van der Waals surface area contributed by atoms with Crippen LogP contribution in [0.25, 0.3) is 0 Å². The number of anilines is 2. The molecular formula is C25H26FN3O4. The van der Waals surface area contributed by atoms with Gasteiger partial charge in [0.15, 0.2) is 0 Å². The quantitative estimate of drug-likeness (QED) is 0.724. The summed E-state index contributed by atoms with van der Waals surface area (Å²) in [5.74, 6) is -2.01. The van der Waals surface area contributed by atoms with Crippen molar-refractivity contribution >= 4 is 29.2 Å². The summed E-state index contributed by atoms with van der Waals surface area (Å²) >= 11 is 0. The topological polar surface area (TPSA) is 89.9 Å². The largest absolute Gasteiger partial charge is 0.478 e. The van der Waals surface area contributed by atoms with Gasteiger partial charge in [0.1, 0.15) is 5.82 Å². The molecule has 2 N–H and O–H groups in total. The van der Waals surface area contributed by atoms with Gasteiger partial charge in [0.2, 0.25) is 0 Å². The molecule has 7 nitrogen and oxygen atoms in total. The first kappa shape index (κ1) is 22.5. The molecule has 33 heavy (non-hydrogen) atoms. The van der Waals surface area contributed by atoms with Crippen LogP contribution in [0.1, 0.15) is 36.0 Å². The highest BCUT2D eigenvalue weighted by atomic mass is 19.1. The molecule has 1 fully saturated rings. The standard InChI is InChI=1S/C25H26FN3O4/c26-17-9-11-18(12-10-17)28-13-15-29(16-14-28)24(31)21-7-3-4-8-22(21)27-23(30)19-5-1-2-6-20(19)25(32)33/h3-4,7-12H,1-2,5-6,13-16H2,(H,27,30)(H,32,33). The first-order valence-electron chi connectivity index (χ1n) is 11.1. The molecule has 2 aromatic carbocycles. The lowest BCUT2D eigenvalue weighted by molar-refractivity contribution is -0.133. The van der Waals surface area contributed by atoms with E-state index in [1.807, 2.05) is 0 Å². The third-order valence-electron chi connectivity index (χ3n) is 6.16. The zero-order valence-electron chi connectivity index (χ0n) is 18.2. The molecule has 172 valence electrons. The monoisotopic (exact) mass is 451 g/mol. The second-order valence-electron chi connectivity index (χ2n) is 8.22. The number of hydrogen-bond acceptors (Lipinski definition) is 4. The number of para-hydroxylation sites is 1. The number of hydrogen-bond donors (Lipinski definition) is 2. The summed E-state index contributed by atoms with van der Waals surface area (Å²) in [7, 11) is 0. The maximum Gasteiger partial charge on any atom is 0.332 e. The van der Waals surface area contributed by atoms with E-state index in [2.05, 4.69) is 10.2 Å². The highest BCUT2D eigenvalue weighted by molar-refractivity contribution is 6.11. The van der Waals surface area contributed by atoms with E-state index in [-0.39, 0.29) is 22.9 Å². The van der Waals surface area contributed by atoms with Crippen LogP contribution in [0.15, 0.2) is 59.7 Å². The van der Waals surface area contributed by atoms with Crippen molar-refractivity contribution in [3.8, 4) is 0 Å². The van der Waals surface area contributed by atoms with Crippen LogP contribution in [0, 0.1) is 5.82 Å². The molecule has 0 atom stereocenters. The highest BCUT2D eigenvalue weighted by Gasteiger charge is 2.27. The molecular weight excluding hydrogens is 425 g/mol. The van der Waals surface area contributed by atoms with E-state index >= 15 is 0 Å². The predicted molar refractivity (Wildman–Crippen MR) is 123 cm³/mol. The molecule has 4 rings (SSSR count). The van der Waals surface area contributed by atoms with Crippen LogP contribution in [0.5, 0.6) is 0 Å². The highest BCUT2D eigenvalue weighted by Crippen LogP contribution is 2.27. The van der Waals surface area contributed by atoms with E-state index < -0.39 is 11.9 Å². The molecule has 1 heterocycles. The van der Waals surface area contributed by atoms with Crippen molar-refractivity contribution in [3.05, 3.63) is 71.1 Å². The second kappa shape index (κ2) is 9.85. The molecule has 1 saturated heterocycles. The van der Waals surface area contributed by atoms with Crippen LogP contribution in [0.3, 0.4) is 0 Å². The van der Waals surface area contributed by atoms with E-state index in [1.54, 1.807) is 41.3 Å². The van der Waals surface area contributed by atoms with Gasteiger partial charge in [0, 0.05) is 43.0 Å². The first-order valence-corrected chi connectivity index (χ1v) is 11.1. The number of carboxylic acid groups (broad SMARTS) is 1. The van der Waals surface area contributed by atoms with Crippen molar-refractivity contribution in [3.63, 3.8) is 0 Å². The number of amides is 2. The maximum atomic E-state index is 13.2. The number of halogens is 1. The van der Waals surface area contributed by atoms with Gasteiger partial charge in [-0.2, -0.15) is 0 Å². The van der Waals surface area contributed by atoms with Crippen LogP contribution in [-0.4, -0.2) is 54.0 Å². The van der Waals surface area contributed by atoms with Crippen LogP contribution in [0.4, 0.5) is 15.8 Å². The van der Waals surface area contributed by atoms with Gasteiger partial charge in [-0.25, -0.2) is 9.18 Å². The molecule has 8 heteroatoms. The Kier molecular flexibility index (Phi) is 6.72. The summed E-state index contributed by atoms with van der Waals surface area (Å²) in [5.41, 5.74) is 2.08. The number of carbonyl (C=O) groups excluding carboxylic acids is 2. The third-order valence-corrected chi connectivity index (χ3v) is 6.16. The van der Waals surface area contributed by atoms with Crippen LogP contribution >= 0.6 is 0 Å². The summed E-state index contributed by atoms with van der Waals surface area (Å²) in [5, 5.41) is 12.2. The summed E-state index contributed by atoms with van der Waals surface area (Å²) in [4.78, 5) is 41.5. The van der Waals surface area contributed by atoms with Crippen LogP contribution in [-0.2, 0) is 9.59 Å². The Bertz CT molecular complexity index is 1090. The molecule has 1 aliphatic carbocycles. The molecule has 2 amide bonds. The van der Waals surface area contributed by atoms with Crippen LogP contribution in [0.2, 0.25) is 0 Å². The third kappa shape index (κ3) is 5.05. The Morgan fingerprint density at radius 3 is 2.15 bits per heavy atom. The summed E-state index contributed by atoms with van der Waals surface area (Å²) in [6.07, 6.45) is 2.29. The Labute approximate surface area is 191 Å². The van der Waals surface area contributed by atoms with E-state index in [1.165, 1.54) is 12.1 Å². The number of nitrogens with zero attached hydrogens (tertiary/aromatic N) is 2. The molecule has 2 aromatic rings. The van der Waals surface area contributed by atoms with E-state index in [0.717, 1.165) is 18.5 Å². The average Bonchev–Trinajstić information content (AvgIpc) is 2.84. The zero-order chi connectivity index (χ0) is 23.4. The van der Waals surface area contributed by atoms with E-state index in [0.29, 0.717) is 50.3 Å². The summed E-state index contributed by atoms with van der Waals surface area (Å²) in [6, 6.07) is 13.1. The van der Waals surface area contributed by atoms with Gasteiger partial charge < -0.3 is 20.2 Å². The second-order valence-corrected chi connectivity index (χ2v) is 8.22. The first-order chi connectivity index (χ1) is 15.9. The van der Waals surface area contributed by atoms with Gasteiger partial charge in [0.05, 0.1) is 11.3 Å². The Morgan fingerprint density at radius 1 is 0.848 bits per heavy atom. The number of nitrogens with one attached hydrogen (secondary N) is 1. The molecule has 0 aromatic heterocycles. The molecule has 0 saturated carbocycles. The van der Waals surface area contributed by atoms with Crippen LogP contribution < -0.4 is 10.2 Å². The van der Waals surface area contributed by atoms with Crippen molar-refractivity contribution in [1.82, 2.24) is 4.90 Å². The smallest absolute Gasteiger partial charge is 0.332 e. The number of benzene rings is 2. The fraction of sp³-hybridized carbons (Fsp3) is 0.320. The maximum absolute atomic E-state index is 13.2. The molecule has 0 bridgehead atoms. The zero-order valence-corrected chi connectivity index (χ0v) is 18.2. The van der Waals surface area contributed by atoms with Crippen molar-refractivity contribution in [2.45, 2.75) is 25.7 Å². The Balaban J connectivity index is 1.46. The van der Waals surface area contributed by atoms with E-state index in [4.69, 9.17) is 0 Å². The lowest BCUT2D eigenvalue weighted by atomic mass is 9.91. The lowest BCUT2D eigenvalue weighted by Gasteiger charge is -2.36. The summed E-state index contributed by atoms with van der Waals surface area (Å²) < 4.78 is 13.2. The number of carboxylic acids is 1. The fourth-order valence-corrected chi connectivity index (χ4v) is 4.36. The Morgan fingerprint density at radius 2 is 1.48 bits per heavy atom. The van der Waals surface area contributed by atoms with Gasteiger partial charge in [-0.05, 0) is 62.1 Å². The minimum atomic E-state index is -1.07. The van der Waals surface area contributed by atoms with E-state index in [9.17, 15) is 23.9 Å². The molecule has 0 spiro atoms. The minimum Gasteiger partial charge on any atom is -0.478 e. The molecule has 0 unspecified atom stereocenters. The molecule has 1 aliphatic heterocycles. The number of carbonyl (C=O) groups is 3. The normalized spacial score (nSPS) is 16.5. The van der Waals surface area contributed by atoms with Gasteiger partial charge in [-0.15, -0.1) is 0 Å². The van der Waals surface area contributed by atoms with Crippen molar-refractivity contribution in [2.24, 2.45) is 0 Å². The lowest BCUT2D eigenvalue weighted by Crippen LogP contribution is -2.49. The number of piperazine rings is 1. The van der Waals surface area contributed by atoms with Crippen molar-refractivity contribution in [1.29, 1.82) is 0 Å². The minimum absolute atomic E-state index is 0.152. The number of aliphatic carboxylic acids is 1.